The largest absolute Gasteiger partial charge is 0.395 e. The van der Waals surface area contributed by atoms with Gasteiger partial charge in [-0.2, -0.15) is 10.1 Å². The second-order valence-corrected chi connectivity index (χ2v) is 9.31. The number of halogens is 2. The van der Waals surface area contributed by atoms with Crippen molar-refractivity contribution >= 4 is 46.2 Å². The summed E-state index contributed by atoms with van der Waals surface area (Å²) in [6.07, 6.45) is 0.575. The van der Waals surface area contributed by atoms with Gasteiger partial charge in [0.15, 0.2) is 0 Å². The van der Waals surface area contributed by atoms with Gasteiger partial charge in [0.2, 0.25) is 0 Å². The summed E-state index contributed by atoms with van der Waals surface area (Å²) in [5, 5.41) is 17.1. The highest BCUT2D eigenvalue weighted by Gasteiger charge is 2.59. The maximum Gasteiger partial charge on any atom is 0.261 e. The van der Waals surface area contributed by atoms with Crippen LogP contribution in [0.4, 0.5) is 11.4 Å². The number of hydrogen-bond donors (Lipinski definition) is 1. The van der Waals surface area contributed by atoms with Crippen LogP contribution in [-0.4, -0.2) is 60.5 Å². The number of fused-ring (bicyclic) bond motifs is 4. The van der Waals surface area contributed by atoms with Crippen LogP contribution in [0, 0.1) is 5.41 Å². The number of β-amino-alcohol motifs (C(OH)–C–C–N with tert-alkyl or cyclic N) is 1. The fourth-order valence-electron chi connectivity index (χ4n) is 5.24. The molecule has 3 aliphatic heterocycles. The van der Waals surface area contributed by atoms with E-state index in [1.807, 2.05) is 37.3 Å². The zero-order valence-electron chi connectivity index (χ0n) is 17.3. The van der Waals surface area contributed by atoms with E-state index in [1.54, 1.807) is 12.1 Å². The maximum absolute atomic E-state index is 14.0. The van der Waals surface area contributed by atoms with Crippen molar-refractivity contribution in [3.63, 3.8) is 0 Å². The third-order valence-electron chi connectivity index (χ3n) is 6.82. The third-order valence-corrected chi connectivity index (χ3v) is 7.30. The van der Waals surface area contributed by atoms with Crippen molar-refractivity contribution in [2.24, 2.45) is 10.5 Å². The Hall–Kier alpha value is -2.12. The van der Waals surface area contributed by atoms with E-state index >= 15 is 0 Å². The molecule has 162 valence electrons. The van der Waals surface area contributed by atoms with Crippen LogP contribution < -0.4 is 9.91 Å². The minimum atomic E-state index is -0.769. The minimum absolute atomic E-state index is 0.0197. The Labute approximate surface area is 191 Å². The summed E-state index contributed by atoms with van der Waals surface area (Å²) in [5.74, 6) is -0.0197. The van der Waals surface area contributed by atoms with Crippen LogP contribution in [0.25, 0.3) is 0 Å². The molecule has 1 spiro atoms. The molecule has 2 unspecified atom stereocenters. The standard InChI is InChI=1S/C23H24Cl2N4O2/c1-15-23(22(31)29(26-15)19-6-4-17(24)5-7-19)13-16-2-3-18(25)12-20(16)28-9-8-27(10-11-30)14-21(23)28/h2-7,12,21,30H,8-11,13-14H2,1H3. The molecule has 8 heteroatoms. The predicted molar refractivity (Wildman–Crippen MR) is 124 cm³/mol. The highest BCUT2D eigenvalue weighted by atomic mass is 35.5. The molecule has 2 aromatic rings. The van der Waals surface area contributed by atoms with Crippen molar-refractivity contribution in [3.8, 4) is 0 Å². The average Bonchev–Trinajstić information content (AvgIpc) is 3.01. The molecule has 31 heavy (non-hydrogen) atoms. The lowest BCUT2D eigenvalue weighted by molar-refractivity contribution is -0.125. The molecule has 1 fully saturated rings. The van der Waals surface area contributed by atoms with Gasteiger partial charge in [-0.05, 0) is 55.3 Å². The first-order chi connectivity index (χ1) is 14.9. The van der Waals surface area contributed by atoms with Crippen molar-refractivity contribution in [1.82, 2.24) is 4.90 Å². The van der Waals surface area contributed by atoms with E-state index in [2.05, 4.69) is 9.80 Å². The number of hydrogen-bond acceptors (Lipinski definition) is 5. The zero-order chi connectivity index (χ0) is 21.8. The van der Waals surface area contributed by atoms with Gasteiger partial charge in [-0.1, -0.05) is 29.3 Å². The normalized spacial score (nSPS) is 25.6. The predicted octanol–water partition coefficient (Wildman–Crippen LogP) is 3.44. The molecular formula is C23H24Cl2N4O2. The van der Waals surface area contributed by atoms with E-state index in [9.17, 15) is 9.90 Å². The van der Waals surface area contributed by atoms with Gasteiger partial charge in [0, 0.05) is 41.9 Å². The van der Waals surface area contributed by atoms with Gasteiger partial charge in [0.1, 0.15) is 5.41 Å². The Morgan fingerprint density at radius 2 is 1.87 bits per heavy atom. The number of benzene rings is 2. The lowest BCUT2D eigenvalue weighted by Gasteiger charge is -2.53. The van der Waals surface area contributed by atoms with Gasteiger partial charge in [-0.3, -0.25) is 9.69 Å². The Balaban J connectivity index is 1.60. The van der Waals surface area contributed by atoms with Crippen molar-refractivity contribution in [1.29, 1.82) is 0 Å². The van der Waals surface area contributed by atoms with E-state index in [-0.39, 0.29) is 18.6 Å². The second kappa shape index (κ2) is 7.78. The third kappa shape index (κ3) is 3.24. The van der Waals surface area contributed by atoms with Crippen molar-refractivity contribution in [2.45, 2.75) is 19.4 Å². The number of hydrazone groups is 1. The van der Waals surface area contributed by atoms with Crippen LogP contribution >= 0.6 is 23.2 Å². The quantitative estimate of drug-likeness (QED) is 0.764. The summed E-state index contributed by atoms with van der Waals surface area (Å²) in [5.41, 5.74) is 2.96. The van der Waals surface area contributed by atoms with Gasteiger partial charge >= 0.3 is 0 Å². The summed E-state index contributed by atoms with van der Waals surface area (Å²) in [6, 6.07) is 13.0. The van der Waals surface area contributed by atoms with E-state index in [0.29, 0.717) is 35.2 Å². The van der Waals surface area contributed by atoms with Crippen molar-refractivity contribution in [2.75, 3.05) is 42.7 Å². The number of aliphatic hydroxyl groups excluding tert-OH is 1. The lowest BCUT2D eigenvalue weighted by Crippen LogP contribution is -2.67. The Morgan fingerprint density at radius 3 is 2.61 bits per heavy atom. The number of nitrogens with zero attached hydrogens (tertiary/aromatic N) is 4. The van der Waals surface area contributed by atoms with E-state index in [0.717, 1.165) is 30.1 Å². The van der Waals surface area contributed by atoms with Gasteiger partial charge in [-0.15, -0.1) is 0 Å². The van der Waals surface area contributed by atoms with Crippen LogP contribution in [0.15, 0.2) is 47.6 Å². The summed E-state index contributed by atoms with van der Waals surface area (Å²) in [4.78, 5) is 18.6. The van der Waals surface area contributed by atoms with E-state index < -0.39 is 5.41 Å². The monoisotopic (exact) mass is 458 g/mol. The molecule has 1 N–H and O–H groups in total. The lowest BCUT2D eigenvalue weighted by atomic mass is 9.67. The molecule has 0 radical (unpaired) electrons. The number of aliphatic hydroxyl groups is 1. The molecule has 1 saturated heterocycles. The SMILES string of the molecule is CC1=NN(c2ccc(Cl)cc2)C(=O)C12Cc1ccc(Cl)cc1N1CCN(CCO)CC12. The van der Waals surface area contributed by atoms with Crippen LogP contribution in [0.1, 0.15) is 12.5 Å². The summed E-state index contributed by atoms with van der Waals surface area (Å²) < 4.78 is 0. The molecule has 2 aromatic carbocycles. The van der Waals surface area contributed by atoms with E-state index in [4.69, 9.17) is 28.3 Å². The van der Waals surface area contributed by atoms with Crippen LogP contribution in [-0.2, 0) is 11.2 Å². The van der Waals surface area contributed by atoms with Crippen LogP contribution in [0.2, 0.25) is 10.0 Å². The molecule has 0 saturated carbocycles. The van der Waals surface area contributed by atoms with Crippen LogP contribution in [0.3, 0.4) is 0 Å². The van der Waals surface area contributed by atoms with Gasteiger partial charge in [0.25, 0.3) is 5.91 Å². The Morgan fingerprint density at radius 1 is 1.13 bits per heavy atom. The fourth-order valence-corrected chi connectivity index (χ4v) is 5.53. The molecule has 2 atom stereocenters. The smallest absolute Gasteiger partial charge is 0.261 e. The van der Waals surface area contributed by atoms with E-state index in [1.165, 1.54) is 5.01 Å². The Bertz CT molecular complexity index is 1060. The molecule has 1 amide bonds. The zero-order valence-corrected chi connectivity index (χ0v) is 18.8. The molecular weight excluding hydrogens is 435 g/mol. The fraction of sp³-hybridized carbons (Fsp3) is 0.391. The highest BCUT2D eigenvalue weighted by Crippen LogP contribution is 2.48. The first-order valence-corrected chi connectivity index (χ1v) is 11.2. The summed E-state index contributed by atoms with van der Waals surface area (Å²) in [7, 11) is 0. The molecule has 6 nitrogen and oxygen atoms in total. The molecule has 5 rings (SSSR count). The topological polar surface area (TPSA) is 59.4 Å². The molecule has 3 aliphatic rings. The average molecular weight is 459 g/mol. The van der Waals surface area contributed by atoms with Gasteiger partial charge in [0.05, 0.1) is 24.0 Å². The number of carbonyl (C=O) groups excluding carboxylic acids is 1. The number of carbonyl (C=O) groups is 1. The number of anilines is 2. The minimum Gasteiger partial charge on any atom is -0.395 e. The van der Waals surface area contributed by atoms with Gasteiger partial charge in [-0.25, -0.2) is 0 Å². The number of piperazine rings is 1. The number of rotatable bonds is 3. The first kappa shape index (κ1) is 20.8. The van der Waals surface area contributed by atoms with Gasteiger partial charge < -0.3 is 10.0 Å². The summed E-state index contributed by atoms with van der Waals surface area (Å²) in [6.45, 7) is 4.91. The second-order valence-electron chi connectivity index (χ2n) is 8.43. The molecule has 0 aromatic heterocycles. The molecule has 0 bridgehead atoms. The molecule has 0 aliphatic carbocycles. The van der Waals surface area contributed by atoms with Crippen molar-refractivity contribution < 1.29 is 9.90 Å². The number of amides is 1. The Kier molecular flexibility index (Phi) is 5.21. The first-order valence-electron chi connectivity index (χ1n) is 10.5. The van der Waals surface area contributed by atoms with Crippen LogP contribution in [0.5, 0.6) is 0 Å². The van der Waals surface area contributed by atoms with Crippen molar-refractivity contribution in [3.05, 3.63) is 58.1 Å². The highest BCUT2D eigenvalue weighted by molar-refractivity contribution is 6.31. The summed E-state index contributed by atoms with van der Waals surface area (Å²) >= 11 is 12.4. The molecule has 3 heterocycles. The maximum atomic E-state index is 14.0.